The van der Waals surface area contributed by atoms with Crippen LogP contribution in [0, 0.1) is 0 Å². The Kier molecular flexibility index (Phi) is 5.58. The summed E-state index contributed by atoms with van der Waals surface area (Å²) in [6.07, 6.45) is 2.46. The van der Waals surface area contributed by atoms with Crippen molar-refractivity contribution < 1.29 is 18.3 Å². The Labute approximate surface area is 125 Å². The minimum atomic E-state index is -3.65. The second-order valence-electron chi connectivity index (χ2n) is 5.18. The van der Waals surface area contributed by atoms with Crippen molar-refractivity contribution in [3.05, 3.63) is 29.8 Å². The summed E-state index contributed by atoms with van der Waals surface area (Å²) in [6, 6.07) is 6.77. The molecule has 0 amide bonds. The van der Waals surface area contributed by atoms with E-state index in [0.717, 1.165) is 18.4 Å². The third-order valence-corrected chi connectivity index (χ3v) is 5.17. The number of nitrogens with zero attached hydrogens (tertiary/aromatic N) is 1. The summed E-state index contributed by atoms with van der Waals surface area (Å²) in [5.41, 5.74) is 1.40. The monoisotopic (exact) mass is 314 g/mol. The Bertz CT molecular complexity index is 562. The van der Waals surface area contributed by atoms with Gasteiger partial charge in [0.25, 0.3) is 0 Å². The Morgan fingerprint density at radius 1 is 1.43 bits per heavy atom. The molecule has 0 saturated carbocycles. The Balaban J connectivity index is 2.14. The first-order chi connectivity index (χ1) is 10.1. The number of rotatable bonds is 6. The van der Waals surface area contributed by atoms with E-state index in [1.807, 2.05) is 6.07 Å². The van der Waals surface area contributed by atoms with Crippen molar-refractivity contribution in [3.63, 3.8) is 0 Å². The molecule has 7 heteroatoms. The molecular formula is C14H22N2O4S. The van der Waals surface area contributed by atoms with Crippen LogP contribution in [0.1, 0.15) is 24.8 Å². The number of hydrogen-bond acceptors (Lipinski definition) is 4. The van der Waals surface area contributed by atoms with Gasteiger partial charge < -0.3 is 9.84 Å². The zero-order valence-corrected chi connectivity index (χ0v) is 13.0. The number of methoxy groups -OCH3 is 1. The summed E-state index contributed by atoms with van der Waals surface area (Å²) in [5, 5.41) is 9.35. The molecule has 0 aliphatic carbocycles. The van der Waals surface area contributed by atoms with Gasteiger partial charge in [-0.05, 0) is 30.5 Å². The molecule has 118 valence electrons. The lowest BCUT2D eigenvalue weighted by Crippen LogP contribution is -2.47. The highest BCUT2D eigenvalue weighted by Crippen LogP contribution is 2.22. The van der Waals surface area contributed by atoms with Gasteiger partial charge in [-0.15, -0.1) is 0 Å². The number of ether oxygens (including phenoxy) is 1. The van der Waals surface area contributed by atoms with Crippen molar-refractivity contribution in [3.8, 4) is 0 Å². The minimum Gasteiger partial charge on any atom is -0.395 e. The summed E-state index contributed by atoms with van der Waals surface area (Å²) < 4.78 is 33.9. The lowest BCUT2D eigenvalue weighted by Gasteiger charge is -2.33. The van der Waals surface area contributed by atoms with Crippen molar-refractivity contribution in [2.45, 2.75) is 31.9 Å². The molecule has 1 fully saturated rings. The molecule has 0 bridgehead atoms. The van der Waals surface area contributed by atoms with E-state index in [9.17, 15) is 13.5 Å². The number of nitrogens with one attached hydrogen (secondary N) is 1. The number of anilines is 1. The molecule has 2 N–H and O–H groups in total. The Morgan fingerprint density at radius 2 is 2.24 bits per heavy atom. The van der Waals surface area contributed by atoms with Gasteiger partial charge >= 0.3 is 10.2 Å². The molecule has 1 atom stereocenters. The molecule has 6 nitrogen and oxygen atoms in total. The van der Waals surface area contributed by atoms with Gasteiger partial charge in [0.05, 0.1) is 18.9 Å². The number of hydrogen-bond donors (Lipinski definition) is 2. The van der Waals surface area contributed by atoms with Gasteiger partial charge in [-0.3, -0.25) is 4.72 Å². The number of piperidine rings is 1. The molecule has 0 spiro atoms. The number of aliphatic hydroxyl groups excluding tert-OH is 1. The first-order valence-electron chi connectivity index (χ1n) is 7.05. The lowest BCUT2D eigenvalue weighted by molar-refractivity contribution is 0.156. The Hall–Kier alpha value is -1.15. The average Bonchev–Trinajstić information content (AvgIpc) is 2.47. The predicted molar refractivity (Wildman–Crippen MR) is 81.1 cm³/mol. The highest BCUT2D eigenvalue weighted by Gasteiger charge is 2.31. The second kappa shape index (κ2) is 7.22. The zero-order valence-electron chi connectivity index (χ0n) is 12.2. The van der Waals surface area contributed by atoms with Crippen LogP contribution in [-0.2, 0) is 21.6 Å². The van der Waals surface area contributed by atoms with Crippen LogP contribution >= 0.6 is 0 Å². The first-order valence-corrected chi connectivity index (χ1v) is 8.49. The molecule has 21 heavy (non-hydrogen) atoms. The van der Waals surface area contributed by atoms with Crippen molar-refractivity contribution in [1.82, 2.24) is 4.31 Å². The summed E-state index contributed by atoms with van der Waals surface area (Å²) in [7, 11) is -2.05. The van der Waals surface area contributed by atoms with Gasteiger partial charge in [0.15, 0.2) is 0 Å². The highest BCUT2D eigenvalue weighted by molar-refractivity contribution is 7.90. The largest absolute Gasteiger partial charge is 0.395 e. The van der Waals surface area contributed by atoms with Gasteiger partial charge in [-0.1, -0.05) is 18.6 Å². The lowest BCUT2D eigenvalue weighted by atomic mass is 10.1. The molecule has 1 saturated heterocycles. The van der Waals surface area contributed by atoms with Gasteiger partial charge in [-0.25, -0.2) is 0 Å². The van der Waals surface area contributed by atoms with Crippen molar-refractivity contribution in [2.24, 2.45) is 0 Å². The van der Waals surface area contributed by atoms with Crippen LogP contribution in [0.3, 0.4) is 0 Å². The predicted octanol–water partition coefficient (Wildman–Crippen LogP) is 1.34. The van der Waals surface area contributed by atoms with E-state index < -0.39 is 10.2 Å². The zero-order chi connectivity index (χ0) is 15.3. The van der Waals surface area contributed by atoms with Gasteiger partial charge in [0, 0.05) is 19.7 Å². The van der Waals surface area contributed by atoms with E-state index in [0.29, 0.717) is 25.3 Å². The molecule has 1 heterocycles. The van der Waals surface area contributed by atoms with Gasteiger partial charge in [0.2, 0.25) is 0 Å². The summed E-state index contributed by atoms with van der Waals surface area (Å²) >= 11 is 0. The average molecular weight is 314 g/mol. The normalized spacial score (nSPS) is 20.4. The van der Waals surface area contributed by atoms with Crippen LogP contribution in [-0.4, -0.2) is 44.1 Å². The van der Waals surface area contributed by atoms with Crippen molar-refractivity contribution in [1.29, 1.82) is 0 Å². The van der Waals surface area contributed by atoms with Crippen LogP contribution in [0.15, 0.2) is 24.3 Å². The van der Waals surface area contributed by atoms with E-state index in [4.69, 9.17) is 4.74 Å². The molecule has 1 aromatic rings. The van der Waals surface area contributed by atoms with Crippen molar-refractivity contribution >= 4 is 15.9 Å². The van der Waals surface area contributed by atoms with Crippen molar-refractivity contribution in [2.75, 3.05) is 25.0 Å². The smallest absolute Gasteiger partial charge is 0.301 e. The van der Waals surface area contributed by atoms with Crippen LogP contribution < -0.4 is 4.72 Å². The van der Waals surface area contributed by atoms with Gasteiger partial charge in [-0.2, -0.15) is 12.7 Å². The maximum atomic E-state index is 12.5. The Morgan fingerprint density at radius 3 is 2.95 bits per heavy atom. The third-order valence-electron chi connectivity index (χ3n) is 3.58. The molecule has 0 aromatic heterocycles. The fraction of sp³-hybridized carbons (Fsp3) is 0.571. The first kappa shape index (κ1) is 16.2. The molecule has 2 rings (SSSR count). The van der Waals surface area contributed by atoms with E-state index in [-0.39, 0.29) is 12.6 Å². The summed E-state index contributed by atoms with van der Waals surface area (Å²) in [6.45, 7) is 0.724. The fourth-order valence-corrected chi connectivity index (χ4v) is 4.05. The van der Waals surface area contributed by atoms with E-state index >= 15 is 0 Å². The number of benzene rings is 1. The SMILES string of the molecule is COCc1cccc(NS(=O)(=O)N2CCCCC2CO)c1. The second-order valence-corrected chi connectivity index (χ2v) is 6.81. The van der Waals surface area contributed by atoms with Crippen LogP contribution in [0.4, 0.5) is 5.69 Å². The van der Waals surface area contributed by atoms with E-state index in [1.54, 1.807) is 25.3 Å². The fourth-order valence-electron chi connectivity index (χ4n) is 2.57. The maximum absolute atomic E-state index is 12.5. The molecular weight excluding hydrogens is 292 g/mol. The van der Waals surface area contributed by atoms with Gasteiger partial charge in [0.1, 0.15) is 0 Å². The molecule has 1 aliphatic rings. The topological polar surface area (TPSA) is 78.9 Å². The molecule has 1 aliphatic heterocycles. The molecule has 1 unspecified atom stereocenters. The maximum Gasteiger partial charge on any atom is 0.301 e. The van der Waals surface area contributed by atoms with Crippen LogP contribution in [0.25, 0.3) is 0 Å². The summed E-state index contributed by atoms with van der Waals surface area (Å²) in [4.78, 5) is 0. The van der Waals surface area contributed by atoms with Crippen LogP contribution in [0.5, 0.6) is 0 Å². The van der Waals surface area contributed by atoms with E-state index in [1.165, 1.54) is 4.31 Å². The summed E-state index contributed by atoms with van der Waals surface area (Å²) in [5.74, 6) is 0. The highest BCUT2D eigenvalue weighted by atomic mass is 32.2. The number of aliphatic hydroxyl groups is 1. The quantitative estimate of drug-likeness (QED) is 0.830. The molecule has 0 radical (unpaired) electrons. The van der Waals surface area contributed by atoms with E-state index in [2.05, 4.69) is 4.72 Å². The third kappa shape index (κ3) is 4.16. The standard InChI is InChI=1S/C14H22N2O4S/c1-20-11-12-5-4-6-13(9-12)15-21(18,19)16-8-3-2-7-14(16)10-17/h4-6,9,14-15,17H,2-3,7-8,10-11H2,1H3. The molecule has 1 aromatic carbocycles. The van der Waals surface area contributed by atoms with Crippen LogP contribution in [0.2, 0.25) is 0 Å². The minimum absolute atomic E-state index is 0.148.